The molecule has 4 aliphatic rings. The van der Waals surface area contributed by atoms with Gasteiger partial charge in [-0.2, -0.15) is 0 Å². The highest BCUT2D eigenvalue weighted by molar-refractivity contribution is 7.90. The molecular weight excluding hydrogens is 539 g/mol. The molecule has 5 heterocycles. The van der Waals surface area contributed by atoms with Crippen LogP contribution in [0.3, 0.4) is 0 Å². The second kappa shape index (κ2) is 10.7. The Hall–Kier alpha value is -2.33. The van der Waals surface area contributed by atoms with Crippen molar-refractivity contribution in [3.8, 4) is 11.4 Å². The summed E-state index contributed by atoms with van der Waals surface area (Å²) in [5.74, 6) is 0.674. The number of benzene rings is 2. The van der Waals surface area contributed by atoms with Gasteiger partial charge in [0.1, 0.15) is 11.3 Å². The zero-order valence-electron chi connectivity index (χ0n) is 24.1. The van der Waals surface area contributed by atoms with Crippen molar-refractivity contribution in [2.45, 2.75) is 86.3 Å². The van der Waals surface area contributed by atoms with Crippen molar-refractivity contribution in [1.82, 2.24) is 19.4 Å². The van der Waals surface area contributed by atoms with Crippen LogP contribution in [0, 0.1) is 5.82 Å². The van der Waals surface area contributed by atoms with Gasteiger partial charge in [0.25, 0.3) is 0 Å². The minimum absolute atomic E-state index is 0.169. The summed E-state index contributed by atoms with van der Waals surface area (Å²) in [7, 11) is -1.44. The highest BCUT2D eigenvalue weighted by Gasteiger charge is 2.45. The molecule has 220 valence electrons. The quantitative estimate of drug-likeness (QED) is 0.417. The van der Waals surface area contributed by atoms with Gasteiger partial charge in [-0.25, -0.2) is 17.8 Å². The lowest BCUT2D eigenvalue weighted by molar-refractivity contribution is -0.0221. The van der Waals surface area contributed by atoms with Crippen LogP contribution >= 0.6 is 0 Å². The van der Waals surface area contributed by atoms with Crippen LogP contribution in [0.2, 0.25) is 0 Å². The molecule has 1 aromatic heterocycles. The number of fused-ring (bicyclic) bond motifs is 3. The van der Waals surface area contributed by atoms with E-state index in [1.165, 1.54) is 44.8 Å². The summed E-state index contributed by atoms with van der Waals surface area (Å²) in [5, 5.41) is 0. The predicted octanol–water partition coefficient (Wildman–Crippen LogP) is 5.14. The van der Waals surface area contributed by atoms with Gasteiger partial charge in [-0.3, -0.25) is 4.90 Å². The molecule has 0 N–H and O–H groups in total. The van der Waals surface area contributed by atoms with Crippen LogP contribution in [0.15, 0.2) is 41.3 Å². The van der Waals surface area contributed by atoms with E-state index in [-0.39, 0.29) is 16.6 Å². The molecule has 0 radical (unpaired) electrons. The van der Waals surface area contributed by atoms with Crippen molar-refractivity contribution in [3.63, 3.8) is 0 Å². The molecule has 4 aliphatic heterocycles. The Morgan fingerprint density at radius 1 is 0.854 bits per heavy atom. The molecular formula is C32H41FN4O3S. The third-order valence-corrected chi connectivity index (χ3v) is 11.5. The van der Waals surface area contributed by atoms with Crippen molar-refractivity contribution in [2.75, 3.05) is 32.6 Å². The third kappa shape index (κ3) is 5.02. The van der Waals surface area contributed by atoms with Crippen LogP contribution in [0.25, 0.3) is 22.4 Å². The van der Waals surface area contributed by atoms with E-state index in [1.54, 1.807) is 28.8 Å². The maximum atomic E-state index is 16.1. The van der Waals surface area contributed by atoms with E-state index in [4.69, 9.17) is 9.72 Å². The molecule has 7 rings (SSSR count). The molecule has 9 heteroatoms. The molecule has 0 saturated carbocycles. The van der Waals surface area contributed by atoms with Crippen molar-refractivity contribution in [2.24, 2.45) is 7.05 Å². The van der Waals surface area contributed by atoms with Gasteiger partial charge in [-0.1, -0.05) is 6.07 Å². The number of nitrogens with zero attached hydrogens (tertiary/aromatic N) is 4. The van der Waals surface area contributed by atoms with Crippen LogP contribution in [0.4, 0.5) is 4.39 Å². The molecule has 4 fully saturated rings. The lowest BCUT2D eigenvalue weighted by Crippen LogP contribution is -2.55. The number of halogens is 1. The van der Waals surface area contributed by atoms with E-state index in [0.29, 0.717) is 28.9 Å². The Labute approximate surface area is 242 Å². The first-order valence-corrected chi connectivity index (χ1v) is 17.2. The highest BCUT2D eigenvalue weighted by atomic mass is 32.2. The molecule has 0 amide bonds. The molecule has 0 aliphatic carbocycles. The topological polar surface area (TPSA) is 67.7 Å². The molecule has 2 unspecified atom stereocenters. The summed E-state index contributed by atoms with van der Waals surface area (Å²) in [5.41, 5.74) is 2.71. The number of sulfone groups is 1. The van der Waals surface area contributed by atoms with Crippen molar-refractivity contribution < 1.29 is 17.5 Å². The number of rotatable bonds is 5. The molecule has 41 heavy (non-hydrogen) atoms. The van der Waals surface area contributed by atoms with Gasteiger partial charge in [0, 0.05) is 56.2 Å². The molecule has 3 aromatic rings. The summed E-state index contributed by atoms with van der Waals surface area (Å²) in [4.78, 5) is 10.6. The van der Waals surface area contributed by atoms with E-state index in [2.05, 4.69) is 9.80 Å². The van der Waals surface area contributed by atoms with Crippen molar-refractivity contribution in [3.05, 3.63) is 47.8 Å². The van der Waals surface area contributed by atoms with Gasteiger partial charge in [0.2, 0.25) is 0 Å². The van der Waals surface area contributed by atoms with E-state index >= 15 is 4.39 Å². The molecule has 2 bridgehead atoms. The summed E-state index contributed by atoms with van der Waals surface area (Å²) in [6.45, 7) is 3.90. The predicted molar refractivity (Wildman–Crippen MR) is 158 cm³/mol. The minimum Gasteiger partial charge on any atom is -0.381 e. The van der Waals surface area contributed by atoms with E-state index in [0.717, 1.165) is 62.4 Å². The van der Waals surface area contributed by atoms with E-state index in [1.807, 2.05) is 19.2 Å². The molecule has 2 atom stereocenters. The van der Waals surface area contributed by atoms with Gasteiger partial charge >= 0.3 is 0 Å². The fourth-order valence-corrected chi connectivity index (χ4v) is 8.97. The summed E-state index contributed by atoms with van der Waals surface area (Å²) < 4.78 is 47.2. The van der Waals surface area contributed by atoms with Crippen molar-refractivity contribution in [1.29, 1.82) is 0 Å². The smallest absolute Gasteiger partial charge is 0.175 e. The van der Waals surface area contributed by atoms with Crippen LogP contribution < -0.4 is 0 Å². The first kappa shape index (κ1) is 27.5. The number of ether oxygens (including phenoxy) is 1. The fourth-order valence-electron chi connectivity index (χ4n) is 8.34. The number of hydrogen-bond acceptors (Lipinski definition) is 6. The van der Waals surface area contributed by atoms with Crippen LogP contribution in [0.5, 0.6) is 0 Å². The minimum atomic E-state index is -3.28. The zero-order chi connectivity index (χ0) is 28.3. The largest absolute Gasteiger partial charge is 0.381 e. The maximum absolute atomic E-state index is 16.1. The average Bonchev–Trinajstić information content (AvgIpc) is 3.46. The standard InChI is InChI=1S/C32H41FN4O3S/c1-35-31-29(34-32(35)22-3-7-27(8-4-22)41(2,38)39)10-9-28(30(31)33)21-11-15-36(16-12-21)26-19-24-5-6-25(20-26)37(24)23-13-17-40-18-14-23/h3-4,7-10,21,23-26H,5-6,11-20H2,1-2H3. The first-order chi connectivity index (χ1) is 19.8. The average molecular weight is 581 g/mol. The lowest BCUT2D eigenvalue weighted by Gasteiger charge is -2.48. The number of likely N-dealkylation sites (tertiary alicyclic amines) is 1. The lowest BCUT2D eigenvalue weighted by atomic mass is 9.86. The zero-order valence-corrected chi connectivity index (χ0v) is 25.0. The molecule has 2 aromatic carbocycles. The molecule has 4 saturated heterocycles. The first-order valence-electron chi connectivity index (χ1n) is 15.3. The number of aryl methyl sites for hydroxylation is 1. The summed E-state index contributed by atoms with van der Waals surface area (Å²) >= 11 is 0. The molecule has 7 nitrogen and oxygen atoms in total. The normalized spacial score (nSPS) is 27.1. The van der Waals surface area contributed by atoms with Gasteiger partial charge in [0.05, 0.1) is 10.4 Å². The number of piperidine rings is 2. The third-order valence-electron chi connectivity index (χ3n) is 10.4. The van der Waals surface area contributed by atoms with Crippen molar-refractivity contribution >= 4 is 20.9 Å². The number of aromatic nitrogens is 2. The summed E-state index contributed by atoms with van der Waals surface area (Å²) in [6.07, 6.45) is 10.8. The highest BCUT2D eigenvalue weighted by Crippen LogP contribution is 2.42. The fraction of sp³-hybridized carbons (Fsp3) is 0.594. The Bertz CT molecular complexity index is 1510. The Kier molecular flexibility index (Phi) is 7.20. The number of hydrogen-bond donors (Lipinski definition) is 0. The van der Waals surface area contributed by atoms with E-state index in [9.17, 15) is 8.42 Å². The van der Waals surface area contributed by atoms with Gasteiger partial charge < -0.3 is 14.2 Å². The van der Waals surface area contributed by atoms with Gasteiger partial charge in [-0.05, 0) is 106 Å². The van der Waals surface area contributed by atoms with Crippen LogP contribution in [0.1, 0.15) is 62.8 Å². The monoisotopic (exact) mass is 580 g/mol. The van der Waals surface area contributed by atoms with Crippen LogP contribution in [-0.2, 0) is 21.6 Å². The molecule has 0 spiro atoms. The SMILES string of the molecule is Cn1c(-c2ccc(S(C)(=O)=O)cc2)nc2ccc(C3CCN(C4CC5CCC(C4)N5C4CCOCC4)CC3)c(F)c21. The Morgan fingerprint density at radius 3 is 2.15 bits per heavy atom. The summed E-state index contributed by atoms with van der Waals surface area (Å²) in [6, 6.07) is 13.3. The van der Waals surface area contributed by atoms with Gasteiger partial charge in [-0.15, -0.1) is 0 Å². The Balaban J connectivity index is 1.04. The van der Waals surface area contributed by atoms with E-state index < -0.39 is 9.84 Å². The maximum Gasteiger partial charge on any atom is 0.175 e. The number of imidazole rings is 1. The van der Waals surface area contributed by atoms with Gasteiger partial charge in [0.15, 0.2) is 15.7 Å². The second-order valence-electron chi connectivity index (χ2n) is 12.7. The van der Waals surface area contributed by atoms with Crippen LogP contribution in [-0.4, -0.2) is 84.5 Å². The second-order valence-corrected chi connectivity index (χ2v) is 14.8. The Morgan fingerprint density at radius 2 is 1.51 bits per heavy atom.